The number of amides is 1. The van der Waals surface area contributed by atoms with Crippen molar-refractivity contribution >= 4 is 57.4 Å². The number of carbonyl (C=O) groups excluding carboxylic acids is 1. The van der Waals surface area contributed by atoms with Crippen LogP contribution in [0.15, 0.2) is 12.1 Å². The second-order valence-corrected chi connectivity index (χ2v) is 5.67. The van der Waals surface area contributed by atoms with Gasteiger partial charge in [0.2, 0.25) is 5.60 Å². The first-order valence-corrected chi connectivity index (χ1v) is 6.56. The van der Waals surface area contributed by atoms with Crippen molar-refractivity contribution in [2.24, 2.45) is 0 Å². The van der Waals surface area contributed by atoms with Crippen molar-refractivity contribution in [2.45, 2.75) is 18.7 Å². The zero-order chi connectivity index (χ0) is 15.0. The van der Waals surface area contributed by atoms with Crippen molar-refractivity contribution < 1.29 is 23.1 Å². The summed E-state index contributed by atoms with van der Waals surface area (Å²) in [5.74, 6) is -1.64. The van der Waals surface area contributed by atoms with Crippen LogP contribution in [0.4, 0.5) is 18.9 Å². The summed E-state index contributed by atoms with van der Waals surface area (Å²) in [6.45, 7) is 0.352. The quantitative estimate of drug-likeness (QED) is 0.556. The number of rotatable bonds is 2. The minimum atomic E-state index is -5.10. The molecule has 0 radical (unpaired) electrons. The zero-order valence-electron chi connectivity index (χ0n) is 9.28. The maximum absolute atomic E-state index is 12.5. The molecule has 0 heterocycles. The Morgan fingerprint density at radius 1 is 1.32 bits per heavy atom. The Bertz CT molecular complexity index is 520. The van der Waals surface area contributed by atoms with Gasteiger partial charge in [0.05, 0.1) is 15.7 Å². The molecule has 0 bridgehead atoms. The molecule has 0 spiro atoms. The van der Waals surface area contributed by atoms with Crippen LogP contribution in [-0.2, 0) is 4.79 Å². The lowest BCUT2D eigenvalue weighted by atomic mass is 10.1. The molecule has 0 aliphatic rings. The largest absolute Gasteiger partial charge is 0.426 e. The van der Waals surface area contributed by atoms with Crippen molar-refractivity contribution in [3.8, 4) is 0 Å². The summed E-state index contributed by atoms with van der Waals surface area (Å²) in [4.78, 5) is 11.4. The predicted molar refractivity (Wildman–Crippen MR) is 74.5 cm³/mol. The highest BCUT2D eigenvalue weighted by Gasteiger charge is 2.55. The standard InChI is InChI=1S/C10H7Cl2F3INO2/c1-9(19,10(13,14)15)8(18)17-5-3-2-4(16)6(11)7(5)12/h2-3,19H,1H3,(H,17,18)/t9-/m1/s1. The maximum atomic E-state index is 12.5. The molecule has 106 valence electrons. The normalized spacial score (nSPS) is 14.9. The van der Waals surface area contributed by atoms with Gasteiger partial charge in [-0.15, -0.1) is 0 Å². The van der Waals surface area contributed by atoms with Crippen LogP contribution in [0.25, 0.3) is 0 Å². The van der Waals surface area contributed by atoms with Crippen LogP contribution < -0.4 is 5.32 Å². The molecule has 1 aromatic rings. The van der Waals surface area contributed by atoms with Crippen LogP contribution in [0.2, 0.25) is 10.0 Å². The van der Waals surface area contributed by atoms with E-state index in [2.05, 4.69) is 0 Å². The van der Waals surface area contributed by atoms with Crippen LogP contribution in [0.3, 0.4) is 0 Å². The Morgan fingerprint density at radius 3 is 2.32 bits per heavy atom. The fourth-order valence-corrected chi connectivity index (χ4v) is 1.98. The molecule has 1 rings (SSSR count). The van der Waals surface area contributed by atoms with E-state index in [0.29, 0.717) is 10.5 Å². The third-order valence-corrected chi connectivity index (χ3v) is 4.38. The topological polar surface area (TPSA) is 49.3 Å². The van der Waals surface area contributed by atoms with E-state index in [1.54, 1.807) is 0 Å². The lowest BCUT2D eigenvalue weighted by molar-refractivity contribution is -0.242. The summed E-state index contributed by atoms with van der Waals surface area (Å²) in [5.41, 5.74) is -3.63. The third kappa shape index (κ3) is 3.45. The van der Waals surface area contributed by atoms with Crippen LogP contribution in [0.1, 0.15) is 6.92 Å². The van der Waals surface area contributed by atoms with Gasteiger partial charge in [-0.1, -0.05) is 23.2 Å². The summed E-state index contributed by atoms with van der Waals surface area (Å²) in [7, 11) is 0. The van der Waals surface area contributed by atoms with E-state index in [1.807, 2.05) is 27.9 Å². The lowest BCUT2D eigenvalue weighted by Gasteiger charge is -2.25. The van der Waals surface area contributed by atoms with Gasteiger partial charge < -0.3 is 10.4 Å². The Morgan fingerprint density at radius 2 is 1.84 bits per heavy atom. The highest BCUT2D eigenvalue weighted by Crippen LogP contribution is 2.36. The molecule has 1 atom stereocenters. The number of hydrogen-bond acceptors (Lipinski definition) is 2. The van der Waals surface area contributed by atoms with Crippen LogP contribution in [0.5, 0.6) is 0 Å². The highest BCUT2D eigenvalue weighted by atomic mass is 127. The van der Waals surface area contributed by atoms with E-state index >= 15 is 0 Å². The predicted octanol–water partition coefficient (Wildman–Crippen LogP) is 3.85. The average Bonchev–Trinajstić information content (AvgIpc) is 2.28. The molecule has 0 saturated heterocycles. The molecular formula is C10H7Cl2F3INO2. The average molecular weight is 428 g/mol. The van der Waals surface area contributed by atoms with Crippen LogP contribution in [-0.4, -0.2) is 22.8 Å². The van der Waals surface area contributed by atoms with Gasteiger partial charge in [-0.2, -0.15) is 13.2 Å². The van der Waals surface area contributed by atoms with Crippen molar-refractivity contribution in [1.29, 1.82) is 0 Å². The van der Waals surface area contributed by atoms with Gasteiger partial charge >= 0.3 is 6.18 Å². The smallest absolute Gasteiger partial charge is 0.373 e. The number of benzene rings is 1. The molecule has 19 heavy (non-hydrogen) atoms. The van der Waals surface area contributed by atoms with Crippen molar-refractivity contribution in [3.63, 3.8) is 0 Å². The molecule has 0 saturated carbocycles. The summed E-state index contributed by atoms with van der Waals surface area (Å²) < 4.78 is 38.0. The number of nitrogens with one attached hydrogen (secondary N) is 1. The molecule has 0 aromatic heterocycles. The first-order chi connectivity index (χ1) is 8.48. The van der Waals surface area contributed by atoms with Gasteiger partial charge in [-0.05, 0) is 41.6 Å². The van der Waals surface area contributed by atoms with Gasteiger partial charge in [-0.25, -0.2) is 0 Å². The van der Waals surface area contributed by atoms with E-state index in [-0.39, 0.29) is 15.7 Å². The Kier molecular flexibility index (Phi) is 4.98. The molecule has 3 nitrogen and oxygen atoms in total. The van der Waals surface area contributed by atoms with E-state index in [9.17, 15) is 23.1 Å². The summed E-state index contributed by atoms with van der Waals surface area (Å²) in [6.07, 6.45) is -5.10. The van der Waals surface area contributed by atoms with Crippen molar-refractivity contribution in [2.75, 3.05) is 5.32 Å². The molecule has 0 aliphatic carbocycles. The van der Waals surface area contributed by atoms with Crippen molar-refractivity contribution in [3.05, 3.63) is 25.7 Å². The summed E-state index contributed by atoms with van der Waals surface area (Å²) in [6, 6.07) is 2.76. The molecule has 0 unspecified atom stereocenters. The van der Waals surface area contributed by atoms with Gasteiger partial charge in [0.25, 0.3) is 5.91 Å². The molecule has 1 amide bonds. The first-order valence-electron chi connectivity index (χ1n) is 4.72. The highest BCUT2D eigenvalue weighted by molar-refractivity contribution is 14.1. The van der Waals surface area contributed by atoms with E-state index in [1.165, 1.54) is 12.1 Å². The Labute approximate surface area is 130 Å². The van der Waals surface area contributed by atoms with Crippen LogP contribution >= 0.6 is 45.8 Å². The van der Waals surface area contributed by atoms with E-state index in [4.69, 9.17) is 23.2 Å². The number of carbonyl (C=O) groups is 1. The second kappa shape index (κ2) is 5.63. The Hall–Kier alpha value is -0.250. The van der Waals surface area contributed by atoms with E-state index < -0.39 is 17.7 Å². The fourth-order valence-electron chi connectivity index (χ4n) is 0.995. The van der Waals surface area contributed by atoms with Gasteiger partial charge in [0.1, 0.15) is 0 Å². The van der Waals surface area contributed by atoms with Gasteiger partial charge in [0.15, 0.2) is 0 Å². The second-order valence-electron chi connectivity index (χ2n) is 3.75. The minimum absolute atomic E-state index is 0.0973. The first kappa shape index (κ1) is 16.8. The molecule has 1 aromatic carbocycles. The van der Waals surface area contributed by atoms with E-state index in [0.717, 1.165) is 0 Å². The number of aliphatic hydroxyl groups is 1. The van der Waals surface area contributed by atoms with Crippen LogP contribution in [0, 0.1) is 3.57 Å². The Balaban J connectivity index is 3.05. The summed E-state index contributed by atoms with van der Waals surface area (Å²) in [5, 5.41) is 11.1. The van der Waals surface area contributed by atoms with Crippen molar-refractivity contribution in [1.82, 2.24) is 0 Å². The third-order valence-electron chi connectivity index (χ3n) is 2.28. The fraction of sp³-hybridized carbons (Fsp3) is 0.300. The van der Waals surface area contributed by atoms with Gasteiger partial charge in [0, 0.05) is 3.57 Å². The minimum Gasteiger partial charge on any atom is -0.373 e. The molecular weight excluding hydrogens is 421 g/mol. The number of halogens is 6. The number of hydrogen-bond donors (Lipinski definition) is 2. The molecule has 2 N–H and O–H groups in total. The summed E-state index contributed by atoms with van der Waals surface area (Å²) >= 11 is 13.5. The molecule has 9 heteroatoms. The maximum Gasteiger partial charge on any atom is 0.426 e. The van der Waals surface area contributed by atoms with Gasteiger partial charge in [-0.3, -0.25) is 4.79 Å². The molecule has 0 aliphatic heterocycles. The molecule has 0 fully saturated rings. The SMILES string of the molecule is C[C@@](O)(C(=O)Nc1ccc(I)c(Cl)c1Cl)C(F)(F)F. The zero-order valence-corrected chi connectivity index (χ0v) is 12.9. The lowest BCUT2D eigenvalue weighted by Crippen LogP contribution is -2.52. The number of alkyl halides is 3. The number of anilines is 1. The monoisotopic (exact) mass is 427 g/mol.